The SMILES string of the molecule is CCCN(CC)CCNc1nc(N)nc2sc(C)cc12. The van der Waals surface area contributed by atoms with Crippen LogP contribution in [0.25, 0.3) is 10.2 Å². The van der Waals surface area contributed by atoms with E-state index in [0.717, 1.165) is 42.2 Å². The fraction of sp³-hybridized carbons (Fsp3) is 0.571. The number of nitrogen functional groups attached to an aromatic ring is 1. The number of rotatable bonds is 7. The molecule has 0 radical (unpaired) electrons. The molecular weight excluding hydrogens is 270 g/mol. The van der Waals surface area contributed by atoms with Gasteiger partial charge in [0.25, 0.3) is 0 Å². The Kier molecular flexibility index (Phi) is 5.14. The van der Waals surface area contributed by atoms with Crippen molar-refractivity contribution in [1.82, 2.24) is 14.9 Å². The summed E-state index contributed by atoms with van der Waals surface area (Å²) in [5.74, 6) is 1.19. The molecule has 2 rings (SSSR count). The van der Waals surface area contributed by atoms with Gasteiger partial charge in [0, 0.05) is 18.0 Å². The van der Waals surface area contributed by atoms with Gasteiger partial charge in [0.2, 0.25) is 5.95 Å². The molecular formula is C14H23N5S. The van der Waals surface area contributed by atoms with Crippen LogP contribution in [0.1, 0.15) is 25.1 Å². The highest BCUT2D eigenvalue weighted by molar-refractivity contribution is 7.18. The van der Waals surface area contributed by atoms with E-state index < -0.39 is 0 Å². The standard InChI is InChI=1S/C14H23N5S/c1-4-7-19(5-2)8-6-16-12-11-9-10(3)20-13(11)18-14(15)17-12/h9H,4-8H2,1-3H3,(H3,15,16,17,18). The van der Waals surface area contributed by atoms with E-state index in [-0.39, 0.29) is 0 Å². The zero-order valence-electron chi connectivity index (χ0n) is 12.4. The lowest BCUT2D eigenvalue weighted by Crippen LogP contribution is -2.29. The molecule has 0 aliphatic heterocycles. The highest BCUT2D eigenvalue weighted by atomic mass is 32.1. The van der Waals surface area contributed by atoms with Crippen LogP contribution in [0.4, 0.5) is 11.8 Å². The van der Waals surface area contributed by atoms with Crippen LogP contribution >= 0.6 is 11.3 Å². The van der Waals surface area contributed by atoms with Crippen LogP contribution in [-0.4, -0.2) is 41.0 Å². The van der Waals surface area contributed by atoms with E-state index in [2.05, 4.69) is 47.0 Å². The van der Waals surface area contributed by atoms with Gasteiger partial charge in [-0.2, -0.15) is 4.98 Å². The summed E-state index contributed by atoms with van der Waals surface area (Å²) in [5.41, 5.74) is 5.77. The topological polar surface area (TPSA) is 67.1 Å². The molecule has 0 amide bonds. The Hall–Kier alpha value is -1.40. The summed E-state index contributed by atoms with van der Waals surface area (Å²) in [4.78, 5) is 13.2. The third kappa shape index (κ3) is 3.58. The van der Waals surface area contributed by atoms with Crippen molar-refractivity contribution in [3.05, 3.63) is 10.9 Å². The van der Waals surface area contributed by atoms with Crippen molar-refractivity contribution in [3.63, 3.8) is 0 Å². The number of aryl methyl sites for hydroxylation is 1. The number of aromatic nitrogens is 2. The highest BCUT2D eigenvalue weighted by Crippen LogP contribution is 2.28. The normalized spacial score (nSPS) is 11.4. The Balaban J connectivity index is 2.05. The molecule has 2 heterocycles. The van der Waals surface area contributed by atoms with Gasteiger partial charge in [-0.3, -0.25) is 0 Å². The summed E-state index contributed by atoms with van der Waals surface area (Å²) in [5, 5.41) is 4.47. The second-order valence-corrected chi connectivity index (χ2v) is 6.10. The predicted octanol–water partition coefficient (Wildman–Crippen LogP) is 2.73. The van der Waals surface area contributed by atoms with E-state index >= 15 is 0 Å². The fourth-order valence-corrected chi connectivity index (χ4v) is 3.16. The van der Waals surface area contributed by atoms with E-state index in [1.54, 1.807) is 11.3 Å². The number of anilines is 2. The Bertz CT molecular complexity index is 566. The highest BCUT2D eigenvalue weighted by Gasteiger charge is 2.09. The third-order valence-corrected chi connectivity index (χ3v) is 4.19. The first-order valence-corrected chi connectivity index (χ1v) is 7.95. The van der Waals surface area contributed by atoms with Crippen molar-refractivity contribution in [2.75, 3.05) is 37.2 Å². The Morgan fingerprint density at radius 2 is 2.10 bits per heavy atom. The number of nitrogens with one attached hydrogen (secondary N) is 1. The number of hydrogen-bond donors (Lipinski definition) is 2. The maximum absolute atomic E-state index is 5.77. The summed E-state index contributed by atoms with van der Waals surface area (Å²) in [6, 6.07) is 2.12. The molecule has 0 aliphatic rings. The zero-order valence-corrected chi connectivity index (χ0v) is 13.3. The predicted molar refractivity (Wildman–Crippen MR) is 87.5 cm³/mol. The van der Waals surface area contributed by atoms with Gasteiger partial charge >= 0.3 is 0 Å². The lowest BCUT2D eigenvalue weighted by molar-refractivity contribution is 0.300. The number of hydrogen-bond acceptors (Lipinski definition) is 6. The molecule has 0 saturated heterocycles. The molecule has 6 heteroatoms. The second kappa shape index (κ2) is 6.85. The van der Waals surface area contributed by atoms with Crippen LogP contribution in [-0.2, 0) is 0 Å². The summed E-state index contributed by atoms with van der Waals surface area (Å²) < 4.78 is 0. The first-order valence-electron chi connectivity index (χ1n) is 7.14. The molecule has 0 unspecified atom stereocenters. The van der Waals surface area contributed by atoms with Crippen molar-refractivity contribution in [2.24, 2.45) is 0 Å². The smallest absolute Gasteiger partial charge is 0.223 e. The van der Waals surface area contributed by atoms with Gasteiger partial charge in [0.1, 0.15) is 10.6 Å². The van der Waals surface area contributed by atoms with E-state index in [1.165, 1.54) is 11.3 Å². The largest absolute Gasteiger partial charge is 0.368 e. The summed E-state index contributed by atoms with van der Waals surface area (Å²) in [6.07, 6.45) is 1.18. The molecule has 20 heavy (non-hydrogen) atoms. The van der Waals surface area contributed by atoms with Gasteiger partial charge in [-0.1, -0.05) is 13.8 Å². The van der Waals surface area contributed by atoms with Gasteiger partial charge in [-0.15, -0.1) is 11.3 Å². The van der Waals surface area contributed by atoms with Crippen molar-refractivity contribution >= 4 is 33.3 Å². The summed E-state index contributed by atoms with van der Waals surface area (Å²) >= 11 is 1.65. The Morgan fingerprint density at radius 1 is 1.30 bits per heavy atom. The van der Waals surface area contributed by atoms with Crippen molar-refractivity contribution in [2.45, 2.75) is 27.2 Å². The van der Waals surface area contributed by atoms with Crippen LogP contribution in [0, 0.1) is 6.92 Å². The summed E-state index contributed by atoms with van der Waals surface area (Å²) in [6.45, 7) is 10.6. The van der Waals surface area contributed by atoms with E-state index in [0.29, 0.717) is 5.95 Å². The van der Waals surface area contributed by atoms with Crippen LogP contribution in [0.3, 0.4) is 0 Å². The first-order chi connectivity index (χ1) is 9.63. The lowest BCUT2D eigenvalue weighted by atomic mass is 10.3. The average Bonchev–Trinajstić information content (AvgIpc) is 2.77. The van der Waals surface area contributed by atoms with Gasteiger partial charge < -0.3 is 16.0 Å². The molecule has 0 atom stereocenters. The quantitative estimate of drug-likeness (QED) is 0.821. The number of thiophene rings is 1. The molecule has 3 N–H and O–H groups in total. The fourth-order valence-electron chi connectivity index (χ4n) is 2.27. The average molecular weight is 293 g/mol. The molecule has 110 valence electrons. The maximum atomic E-state index is 5.77. The van der Waals surface area contributed by atoms with Gasteiger partial charge in [0.15, 0.2) is 0 Å². The number of fused-ring (bicyclic) bond motifs is 1. The minimum absolute atomic E-state index is 0.336. The van der Waals surface area contributed by atoms with Gasteiger partial charge in [-0.05, 0) is 32.5 Å². The van der Waals surface area contributed by atoms with Crippen LogP contribution < -0.4 is 11.1 Å². The lowest BCUT2D eigenvalue weighted by Gasteiger charge is -2.19. The van der Waals surface area contributed by atoms with E-state index in [1.807, 2.05) is 0 Å². The minimum atomic E-state index is 0.336. The maximum Gasteiger partial charge on any atom is 0.223 e. The Labute approximate surface area is 124 Å². The van der Waals surface area contributed by atoms with Crippen LogP contribution in [0.5, 0.6) is 0 Å². The third-order valence-electron chi connectivity index (χ3n) is 3.24. The van der Waals surface area contributed by atoms with E-state index in [9.17, 15) is 0 Å². The molecule has 0 saturated carbocycles. The first kappa shape index (κ1) is 15.0. The van der Waals surface area contributed by atoms with Crippen molar-refractivity contribution < 1.29 is 0 Å². The number of nitrogens with two attached hydrogens (primary N) is 1. The number of likely N-dealkylation sites (N-methyl/N-ethyl adjacent to an activating group) is 1. The van der Waals surface area contributed by atoms with Crippen LogP contribution in [0.15, 0.2) is 6.07 Å². The summed E-state index contributed by atoms with van der Waals surface area (Å²) in [7, 11) is 0. The van der Waals surface area contributed by atoms with Crippen LogP contribution in [0.2, 0.25) is 0 Å². The molecule has 0 spiro atoms. The molecule has 5 nitrogen and oxygen atoms in total. The monoisotopic (exact) mass is 293 g/mol. The number of nitrogens with zero attached hydrogens (tertiary/aromatic N) is 3. The molecule has 0 aromatic carbocycles. The van der Waals surface area contributed by atoms with Crippen molar-refractivity contribution in [1.29, 1.82) is 0 Å². The van der Waals surface area contributed by atoms with E-state index in [4.69, 9.17) is 5.73 Å². The molecule has 0 fully saturated rings. The van der Waals surface area contributed by atoms with Gasteiger partial charge in [0.05, 0.1) is 5.39 Å². The minimum Gasteiger partial charge on any atom is -0.368 e. The van der Waals surface area contributed by atoms with Gasteiger partial charge in [-0.25, -0.2) is 4.98 Å². The zero-order chi connectivity index (χ0) is 14.5. The molecule has 2 aromatic rings. The second-order valence-electron chi connectivity index (χ2n) is 4.87. The van der Waals surface area contributed by atoms with Crippen molar-refractivity contribution in [3.8, 4) is 0 Å². The molecule has 0 aliphatic carbocycles. The molecule has 2 aromatic heterocycles. The Morgan fingerprint density at radius 3 is 2.80 bits per heavy atom. The molecule has 0 bridgehead atoms.